The number of H-pyrrole nitrogens is 1. The van der Waals surface area contributed by atoms with Crippen molar-refractivity contribution in [2.45, 2.75) is 30.8 Å². The van der Waals surface area contributed by atoms with E-state index in [1.54, 1.807) is 30.3 Å². The molecular weight excluding hydrogens is 385 g/mol. The van der Waals surface area contributed by atoms with E-state index in [4.69, 9.17) is 11.5 Å². The summed E-state index contributed by atoms with van der Waals surface area (Å²) in [6.45, 7) is 0. The highest BCUT2D eigenvalue weighted by Crippen LogP contribution is 2.34. The Labute approximate surface area is 172 Å². The molecule has 0 amide bonds. The van der Waals surface area contributed by atoms with Crippen molar-refractivity contribution in [1.29, 1.82) is 0 Å². The van der Waals surface area contributed by atoms with Crippen LogP contribution < -0.4 is 11.5 Å². The van der Waals surface area contributed by atoms with Crippen LogP contribution in [0.2, 0.25) is 0 Å². The number of nitrogens with one attached hydrogen (secondary N) is 1. The number of carbonyl (C=O) groups is 3. The summed E-state index contributed by atoms with van der Waals surface area (Å²) in [4.78, 5) is 41.5. The average Bonchev–Trinajstić information content (AvgIpc) is 3.18. The Morgan fingerprint density at radius 1 is 1.07 bits per heavy atom. The molecular formula is C23H22FN3O3. The molecule has 1 aromatic heterocycles. The molecule has 4 rings (SSSR count). The summed E-state index contributed by atoms with van der Waals surface area (Å²) in [6, 6.07) is 12.5. The predicted octanol–water partition coefficient (Wildman–Crippen LogP) is 2.77. The summed E-state index contributed by atoms with van der Waals surface area (Å²) in [5.74, 6) is -2.83. The van der Waals surface area contributed by atoms with E-state index >= 15 is 0 Å². The summed E-state index contributed by atoms with van der Waals surface area (Å²) in [5.41, 5.74) is 12.0. The maximum Gasteiger partial charge on any atom is 0.232 e. The summed E-state index contributed by atoms with van der Waals surface area (Å²) >= 11 is 0. The summed E-state index contributed by atoms with van der Waals surface area (Å²) in [5, 5.41) is 0.0664. The van der Waals surface area contributed by atoms with Crippen molar-refractivity contribution in [2.75, 3.05) is 0 Å². The van der Waals surface area contributed by atoms with Gasteiger partial charge in [0.2, 0.25) is 11.6 Å². The van der Waals surface area contributed by atoms with Crippen LogP contribution in [-0.4, -0.2) is 33.9 Å². The second-order valence-electron chi connectivity index (χ2n) is 7.92. The van der Waals surface area contributed by atoms with E-state index in [0.29, 0.717) is 17.5 Å². The minimum atomic E-state index is -1.49. The lowest BCUT2D eigenvalue weighted by molar-refractivity contribution is -0.121. The molecule has 3 unspecified atom stereocenters. The standard InChI is InChI=1S/C23H22FN3O3/c24-16-7-4-8-18-19(16)15(12-27-18)21(29)22(30)23(26)10-9-14(17(25)11-23)20(28)13-5-2-1-3-6-13/h1-8,12,14,17,27H,9-11,25-26H2. The van der Waals surface area contributed by atoms with Crippen LogP contribution in [0.25, 0.3) is 10.9 Å². The molecule has 0 aliphatic heterocycles. The van der Waals surface area contributed by atoms with E-state index in [-0.39, 0.29) is 29.6 Å². The smallest absolute Gasteiger partial charge is 0.232 e. The van der Waals surface area contributed by atoms with Gasteiger partial charge in [0.05, 0.1) is 11.1 Å². The largest absolute Gasteiger partial charge is 0.360 e. The molecule has 0 spiro atoms. The summed E-state index contributed by atoms with van der Waals surface area (Å²) in [6.07, 6.45) is 1.78. The lowest BCUT2D eigenvalue weighted by Crippen LogP contribution is -2.59. The number of hydrogen-bond donors (Lipinski definition) is 3. The van der Waals surface area contributed by atoms with Crippen molar-refractivity contribution in [2.24, 2.45) is 17.4 Å². The summed E-state index contributed by atoms with van der Waals surface area (Å²) in [7, 11) is 0. The molecule has 0 bridgehead atoms. The first kappa shape index (κ1) is 20.1. The highest BCUT2D eigenvalue weighted by atomic mass is 19.1. The molecule has 0 radical (unpaired) electrons. The third-order valence-corrected chi connectivity index (χ3v) is 5.97. The van der Waals surface area contributed by atoms with Crippen LogP contribution in [0.1, 0.15) is 40.0 Å². The van der Waals surface area contributed by atoms with E-state index in [2.05, 4.69) is 4.98 Å². The number of ketones is 3. The first-order chi connectivity index (χ1) is 14.3. The number of rotatable bonds is 5. The van der Waals surface area contributed by atoms with Gasteiger partial charge in [0.25, 0.3) is 0 Å². The fraction of sp³-hybridized carbons (Fsp3) is 0.261. The number of carbonyl (C=O) groups excluding carboxylic acids is 3. The monoisotopic (exact) mass is 407 g/mol. The Hall–Kier alpha value is -3.16. The van der Waals surface area contributed by atoms with Crippen molar-refractivity contribution < 1.29 is 18.8 Å². The normalized spacial score (nSPS) is 24.0. The van der Waals surface area contributed by atoms with Crippen LogP contribution in [0.5, 0.6) is 0 Å². The minimum Gasteiger partial charge on any atom is -0.360 e. The van der Waals surface area contributed by atoms with Gasteiger partial charge in [-0.15, -0.1) is 0 Å². The number of nitrogens with two attached hydrogens (primary N) is 2. The Morgan fingerprint density at radius 2 is 1.80 bits per heavy atom. The molecule has 1 fully saturated rings. The molecule has 5 N–H and O–H groups in total. The number of fused-ring (bicyclic) bond motifs is 1. The zero-order valence-electron chi connectivity index (χ0n) is 16.2. The molecule has 1 aliphatic carbocycles. The van der Waals surface area contributed by atoms with Gasteiger partial charge in [-0.05, 0) is 31.4 Å². The van der Waals surface area contributed by atoms with Crippen LogP contribution in [0.15, 0.2) is 54.7 Å². The van der Waals surface area contributed by atoms with Crippen LogP contribution in [-0.2, 0) is 4.79 Å². The van der Waals surface area contributed by atoms with Gasteiger partial charge in [-0.1, -0.05) is 36.4 Å². The second-order valence-corrected chi connectivity index (χ2v) is 7.92. The third-order valence-electron chi connectivity index (χ3n) is 5.97. The Bertz CT molecular complexity index is 1140. The maximum atomic E-state index is 14.2. The summed E-state index contributed by atoms with van der Waals surface area (Å²) < 4.78 is 14.2. The molecule has 30 heavy (non-hydrogen) atoms. The Morgan fingerprint density at radius 3 is 2.50 bits per heavy atom. The van der Waals surface area contributed by atoms with E-state index in [0.717, 1.165) is 0 Å². The molecule has 0 saturated heterocycles. The van der Waals surface area contributed by atoms with Gasteiger partial charge in [0.15, 0.2) is 5.78 Å². The van der Waals surface area contributed by atoms with E-state index in [9.17, 15) is 18.8 Å². The third kappa shape index (κ3) is 3.36. The van der Waals surface area contributed by atoms with Crippen molar-refractivity contribution in [3.63, 3.8) is 0 Å². The number of aromatic nitrogens is 1. The quantitative estimate of drug-likeness (QED) is 0.444. The van der Waals surface area contributed by atoms with Crippen molar-refractivity contribution in [3.05, 3.63) is 71.7 Å². The van der Waals surface area contributed by atoms with Crippen molar-refractivity contribution in [3.8, 4) is 0 Å². The predicted molar refractivity (Wildman–Crippen MR) is 111 cm³/mol. The van der Waals surface area contributed by atoms with E-state index in [1.165, 1.54) is 18.3 Å². The second kappa shape index (κ2) is 7.59. The van der Waals surface area contributed by atoms with Gasteiger partial charge in [-0.3, -0.25) is 14.4 Å². The van der Waals surface area contributed by atoms with Crippen molar-refractivity contribution in [1.82, 2.24) is 4.98 Å². The maximum absolute atomic E-state index is 14.2. The van der Waals surface area contributed by atoms with Crippen LogP contribution >= 0.6 is 0 Å². The lowest BCUT2D eigenvalue weighted by atomic mass is 9.69. The van der Waals surface area contributed by atoms with E-state index < -0.39 is 34.9 Å². The zero-order valence-corrected chi connectivity index (χ0v) is 16.2. The van der Waals surface area contributed by atoms with Gasteiger partial charge in [-0.25, -0.2) is 4.39 Å². The minimum absolute atomic E-state index is 0.00561. The molecule has 3 atom stereocenters. The van der Waals surface area contributed by atoms with Gasteiger partial charge in [0.1, 0.15) is 5.82 Å². The molecule has 154 valence electrons. The fourth-order valence-electron chi connectivity index (χ4n) is 4.31. The van der Waals surface area contributed by atoms with Crippen LogP contribution in [0.4, 0.5) is 4.39 Å². The van der Waals surface area contributed by atoms with Gasteiger partial charge in [0, 0.05) is 34.6 Å². The number of hydrogen-bond acceptors (Lipinski definition) is 5. The number of Topliss-reactive ketones (excluding diaryl/α,β-unsaturated/α-hetero) is 3. The molecule has 1 heterocycles. The molecule has 7 heteroatoms. The lowest BCUT2D eigenvalue weighted by Gasteiger charge is -2.39. The number of benzene rings is 2. The highest BCUT2D eigenvalue weighted by molar-refractivity contribution is 6.48. The fourth-order valence-corrected chi connectivity index (χ4v) is 4.31. The number of aromatic amines is 1. The SMILES string of the molecule is NC1CC(N)(C(=O)C(=O)c2c[nH]c3cccc(F)c23)CCC1C(=O)c1ccccc1. The molecule has 3 aromatic rings. The van der Waals surface area contributed by atoms with Crippen LogP contribution in [0.3, 0.4) is 0 Å². The first-order valence-corrected chi connectivity index (χ1v) is 9.80. The van der Waals surface area contributed by atoms with E-state index in [1.807, 2.05) is 6.07 Å². The average molecular weight is 407 g/mol. The zero-order chi connectivity index (χ0) is 21.5. The first-order valence-electron chi connectivity index (χ1n) is 9.80. The molecule has 6 nitrogen and oxygen atoms in total. The van der Waals surface area contributed by atoms with Gasteiger partial charge in [-0.2, -0.15) is 0 Å². The Kier molecular flexibility index (Phi) is 5.09. The molecule has 2 aromatic carbocycles. The highest BCUT2D eigenvalue weighted by Gasteiger charge is 2.46. The van der Waals surface area contributed by atoms with Gasteiger partial charge < -0.3 is 16.5 Å². The Balaban J connectivity index is 1.55. The van der Waals surface area contributed by atoms with Gasteiger partial charge >= 0.3 is 0 Å². The molecule has 1 saturated carbocycles. The number of halogens is 1. The molecule has 1 aliphatic rings. The van der Waals surface area contributed by atoms with Crippen LogP contribution in [0, 0.1) is 11.7 Å². The van der Waals surface area contributed by atoms with Crippen molar-refractivity contribution >= 4 is 28.3 Å². The topological polar surface area (TPSA) is 119 Å².